The smallest absolute Gasteiger partial charge is 0.242 e. The van der Waals surface area contributed by atoms with Crippen LogP contribution in [0.4, 0.5) is 0 Å². The summed E-state index contributed by atoms with van der Waals surface area (Å²) in [7, 11) is 0. The van der Waals surface area contributed by atoms with Crippen LogP contribution in [0.1, 0.15) is 59.3 Å². The molecule has 0 saturated carbocycles. The van der Waals surface area contributed by atoms with E-state index in [2.05, 4.69) is 19.2 Å². The van der Waals surface area contributed by atoms with Crippen molar-refractivity contribution in [1.82, 2.24) is 15.1 Å². The van der Waals surface area contributed by atoms with E-state index < -0.39 is 0 Å². The van der Waals surface area contributed by atoms with Gasteiger partial charge in [-0.25, -0.2) is 0 Å². The first-order valence-electron chi connectivity index (χ1n) is 9.74. The first kappa shape index (κ1) is 19.7. The molecule has 1 unspecified atom stereocenters. The van der Waals surface area contributed by atoms with Crippen LogP contribution in [-0.4, -0.2) is 59.7 Å². The molecule has 2 heterocycles. The second kappa shape index (κ2) is 9.20. The Bertz CT molecular complexity index is 484. The van der Waals surface area contributed by atoms with Crippen LogP contribution >= 0.6 is 0 Å². The van der Waals surface area contributed by atoms with Gasteiger partial charge >= 0.3 is 0 Å². The van der Waals surface area contributed by atoms with Gasteiger partial charge < -0.3 is 15.1 Å². The molecule has 6 heteroatoms. The summed E-state index contributed by atoms with van der Waals surface area (Å²) in [6.07, 6.45) is 4.94. The molecule has 142 valence electrons. The first-order valence-corrected chi connectivity index (χ1v) is 9.74. The molecule has 1 atom stereocenters. The lowest BCUT2D eigenvalue weighted by atomic mass is 9.94. The van der Waals surface area contributed by atoms with E-state index in [0.29, 0.717) is 44.8 Å². The summed E-state index contributed by atoms with van der Waals surface area (Å²) in [5, 5.41) is 3.08. The van der Waals surface area contributed by atoms with Crippen LogP contribution in [0.3, 0.4) is 0 Å². The summed E-state index contributed by atoms with van der Waals surface area (Å²) in [5.41, 5.74) is 0. The van der Waals surface area contributed by atoms with Crippen LogP contribution in [0.15, 0.2) is 0 Å². The van der Waals surface area contributed by atoms with Crippen LogP contribution in [0.5, 0.6) is 0 Å². The van der Waals surface area contributed by atoms with Crippen molar-refractivity contribution in [2.45, 2.75) is 65.3 Å². The molecule has 0 aliphatic carbocycles. The Hall–Kier alpha value is -1.59. The minimum atomic E-state index is -0.00920. The molecule has 3 amide bonds. The lowest BCUT2D eigenvalue weighted by Gasteiger charge is -2.33. The van der Waals surface area contributed by atoms with Crippen LogP contribution in [0, 0.1) is 11.8 Å². The van der Waals surface area contributed by atoms with Crippen LogP contribution in [0.25, 0.3) is 0 Å². The van der Waals surface area contributed by atoms with E-state index in [1.807, 2.05) is 11.8 Å². The monoisotopic (exact) mass is 351 g/mol. The third kappa shape index (κ3) is 5.72. The van der Waals surface area contributed by atoms with Gasteiger partial charge in [0, 0.05) is 38.0 Å². The minimum Gasteiger partial charge on any atom is -0.353 e. The molecule has 2 fully saturated rings. The Morgan fingerprint density at radius 3 is 2.40 bits per heavy atom. The van der Waals surface area contributed by atoms with Gasteiger partial charge in [0.1, 0.15) is 0 Å². The molecule has 6 nitrogen and oxygen atoms in total. The maximum Gasteiger partial charge on any atom is 0.242 e. The molecule has 0 aromatic rings. The highest BCUT2D eigenvalue weighted by Gasteiger charge is 2.29. The molecule has 0 aromatic heterocycles. The molecular weight excluding hydrogens is 318 g/mol. The van der Waals surface area contributed by atoms with Crippen LogP contribution < -0.4 is 5.32 Å². The number of piperidine rings is 1. The van der Waals surface area contributed by atoms with E-state index in [1.165, 1.54) is 0 Å². The Morgan fingerprint density at radius 2 is 1.76 bits per heavy atom. The average Bonchev–Trinajstić information content (AvgIpc) is 2.79. The molecule has 1 N–H and O–H groups in total. The maximum absolute atomic E-state index is 12.5. The predicted octanol–water partition coefficient (Wildman–Crippen LogP) is 1.79. The summed E-state index contributed by atoms with van der Waals surface area (Å²) in [6.45, 7) is 8.31. The van der Waals surface area contributed by atoms with E-state index in [-0.39, 0.29) is 36.2 Å². The van der Waals surface area contributed by atoms with E-state index in [1.54, 1.807) is 4.90 Å². The lowest BCUT2D eigenvalue weighted by molar-refractivity contribution is -0.141. The van der Waals surface area contributed by atoms with Crippen molar-refractivity contribution in [2.75, 3.05) is 26.2 Å². The Kier molecular flexibility index (Phi) is 7.26. The predicted molar refractivity (Wildman–Crippen MR) is 96.8 cm³/mol. The van der Waals surface area contributed by atoms with E-state index in [0.717, 1.165) is 19.3 Å². The summed E-state index contributed by atoms with van der Waals surface area (Å²) >= 11 is 0. The fraction of sp³-hybridized carbons (Fsp3) is 0.842. The Balaban J connectivity index is 1.78. The number of nitrogens with one attached hydrogen (secondary N) is 1. The molecule has 0 aromatic carbocycles. The number of likely N-dealkylation sites (tertiary alicyclic amines) is 2. The second-order valence-electron chi connectivity index (χ2n) is 7.82. The molecule has 0 radical (unpaired) electrons. The highest BCUT2D eigenvalue weighted by Crippen LogP contribution is 2.19. The molecule has 25 heavy (non-hydrogen) atoms. The van der Waals surface area contributed by atoms with Gasteiger partial charge in [-0.1, -0.05) is 20.3 Å². The Morgan fingerprint density at radius 1 is 1.08 bits per heavy atom. The number of nitrogens with zero attached hydrogens (tertiary/aromatic N) is 2. The Labute approximate surface area is 151 Å². The molecule has 2 rings (SSSR count). The van der Waals surface area contributed by atoms with Gasteiger partial charge in [-0.05, 0) is 38.5 Å². The summed E-state index contributed by atoms with van der Waals surface area (Å²) in [6, 6.07) is 0.168. The van der Waals surface area contributed by atoms with Gasteiger partial charge in [0.25, 0.3) is 0 Å². The summed E-state index contributed by atoms with van der Waals surface area (Å²) in [5.74, 6) is 0.630. The third-order valence-electron chi connectivity index (χ3n) is 5.59. The SMILES string of the molecule is CC(C)C(C)NC(=O)C1CCN(C(=O)CN2CCCCCC2=O)CC1. The zero-order valence-corrected chi connectivity index (χ0v) is 15.9. The van der Waals surface area contributed by atoms with Crippen molar-refractivity contribution >= 4 is 17.7 Å². The normalized spacial score (nSPS) is 21.2. The van der Waals surface area contributed by atoms with Gasteiger partial charge in [0.2, 0.25) is 17.7 Å². The molecular formula is C19H33N3O3. The molecule has 0 bridgehead atoms. The van der Waals surface area contributed by atoms with Crippen molar-refractivity contribution in [3.05, 3.63) is 0 Å². The zero-order chi connectivity index (χ0) is 18.4. The molecule has 2 aliphatic rings. The zero-order valence-electron chi connectivity index (χ0n) is 15.9. The number of hydrogen-bond donors (Lipinski definition) is 1. The fourth-order valence-corrected chi connectivity index (χ4v) is 3.37. The first-order chi connectivity index (χ1) is 11.9. The van der Waals surface area contributed by atoms with Crippen molar-refractivity contribution in [3.8, 4) is 0 Å². The second-order valence-corrected chi connectivity index (χ2v) is 7.82. The number of hydrogen-bond acceptors (Lipinski definition) is 3. The van der Waals surface area contributed by atoms with Crippen molar-refractivity contribution < 1.29 is 14.4 Å². The van der Waals surface area contributed by atoms with Gasteiger partial charge in [-0.15, -0.1) is 0 Å². The van der Waals surface area contributed by atoms with Crippen molar-refractivity contribution in [2.24, 2.45) is 11.8 Å². The highest BCUT2D eigenvalue weighted by atomic mass is 16.2. The summed E-state index contributed by atoms with van der Waals surface area (Å²) in [4.78, 5) is 40.4. The number of rotatable bonds is 5. The number of carbonyl (C=O) groups is 3. The van der Waals surface area contributed by atoms with Gasteiger partial charge in [-0.3, -0.25) is 14.4 Å². The summed E-state index contributed by atoms with van der Waals surface area (Å²) < 4.78 is 0. The maximum atomic E-state index is 12.5. The highest BCUT2D eigenvalue weighted by molar-refractivity contribution is 5.85. The van der Waals surface area contributed by atoms with Crippen LogP contribution in [-0.2, 0) is 14.4 Å². The van der Waals surface area contributed by atoms with Gasteiger partial charge in [0.15, 0.2) is 0 Å². The van der Waals surface area contributed by atoms with Crippen LogP contribution in [0.2, 0.25) is 0 Å². The standard InChI is InChI=1S/C19H33N3O3/c1-14(2)15(3)20-19(25)16-8-11-21(12-9-16)18(24)13-22-10-6-4-5-7-17(22)23/h14-16H,4-13H2,1-3H3,(H,20,25). The van der Waals surface area contributed by atoms with E-state index >= 15 is 0 Å². The topological polar surface area (TPSA) is 69.7 Å². The van der Waals surface area contributed by atoms with Crippen molar-refractivity contribution in [3.63, 3.8) is 0 Å². The number of amides is 3. The van der Waals surface area contributed by atoms with E-state index in [9.17, 15) is 14.4 Å². The van der Waals surface area contributed by atoms with Crippen molar-refractivity contribution in [1.29, 1.82) is 0 Å². The third-order valence-corrected chi connectivity index (χ3v) is 5.59. The number of carbonyl (C=O) groups excluding carboxylic acids is 3. The minimum absolute atomic E-state index is 0.00920. The molecule has 0 spiro atoms. The lowest BCUT2D eigenvalue weighted by Crippen LogP contribution is -2.48. The largest absolute Gasteiger partial charge is 0.353 e. The fourth-order valence-electron chi connectivity index (χ4n) is 3.37. The average molecular weight is 351 g/mol. The van der Waals surface area contributed by atoms with Gasteiger partial charge in [-0.2, -0.15) is 0 Å². The quantitative estimate of drug-likeness (QED) is 0.821. The van der Waals surface area contributed by atoms with Gasteiger partial charge in [0.05, 0.1) is 6.54 Å². The van der Waals surface area contributed by atoms with E-state index in [4.69, 9.17) is 0 Å². The molecule has 2 saturated heterocycles. The molecule has 2 aliphatic heterocycles.